The minimum Gasteiger partial charge on any atom is -0.0847 e. The van der Waals surface area contributed by atoms with Crippen LogP contribution in [-0.4, -0.2) is 0 Å². The Morgan fingerprint density at radius 2 is 2.15 bits per heavy atom. The van der Waals surface area contributed by atoms with Crippen LogP contribution in [-0.2, 0) is 0 Å². The van der Waals surface area contributed by atoms with Gasteiger partial charge in [0.2, 0.25) is 0 Å². The predicted octanol–water partition coefficient (Wildman–Crippen LogP) is 3.78. The largest absolute Gasteiger partial charge is 0.0847 e. The Kier molecular flexibility index (Phi) is 1.78. The third-order valence-corrected chi connectivity index (χ3v) is 4.71. The summed E-state index contributed by atoms with van der Waals surface area (Å²) in [6.45, 7) is 2.32. The number of rotatable bonds is 2. The van der Waals surface area contributed by atoms with Gasteiger partial charge in [-0.05, 0) is 55.8 Å². The second-order valence-electron chi connectivity index (χ2n) is 5.29. The Morgan fingerprint density at radius 3 is 3.00 bits per heavy atom. The Balaban J connectivity index is 1.81. The predicted molar refractivity (Wildman–Crippen MR) is 55.4 cm³/mol. The highest BCUT2D eigenvalue weighted by Gasteiger charge is 2.49. The molecule has 13 heavy (non-hydrogen) atoms. The maximum absolute atomic E-state index is 2.59. The molecule has 2 fully saturated rings. The smallest absolute Gasteiger partial charge is 0.0141 e. The van der Waals surface area contributed by atoms with E-state index in [1.807, 2.05) is 5.57 Å². The molecule has 0 aliphatic heterocycles. The molecule has 0 N–H and O–H groups in total. The second kappa shape index (κ2) is 2.87. The Labute approximate surface area is 81.4 Å². The Bertz CT molecular complexity index is 238. The third kappa shape index (κ3) is 1.04. The van der Waals surface area contributed by atoms with Crippen molar-refractivity contribution in [1.82, 2.24) is 0 Å². The van der Waals surface area contributed by atoms with Gasteiger partial charge in [0.1, 0.15) is 0 Å². The van der Waals surface area contributed by atoms with Gasteiger partial charge in [0.25, 0.3) is 0 Å². The first kappa shape index (κ1) is 8.08. The lowest BCUT2D eigenvalue weighted by atomic mass is 9.78. The summed E-state index contributed by atoms with van der Waals surface area (Å²) < 4.78 is 0. The lowest BCUT2D eigenvalue weighted by Crippen LogP contribution is -2.19. The molecule has 3 aliphatic rings. The van der Waals surface area contributed by atoms with Crippen LogP contribution in [0.4, 0.5) is 0 Å². The zero-order valence-electron chi connectivity index (χ0n) is 8.63. The molecule has 2 saturated carbocycles. The fourth-order valence-electron chi connectivity index (χ4n) is 4.31. The van der Waals surface area contributed by atoms with Gasteiger partial charge < -0.3 is 0 Å². The molecule has 0 nitrogen and oxygen atoms in total. The number of hydrogen-bond donors (Lipinski definition) is 0. The summed E-state index contributed by atoms with van der Waals surface area (Å²) >= 11 is 0. The summed E-state index contributed by atoms with van der Waals surface area (Å²) in [5, 5.41) is 0. The number of hydrogen-bond acceptors (Lipinski definition) is 0. The molecule has 0 aromatic carbocycles. The van der Waals surface area contributed by atoms with Gasteiger partial charge in [0, 0.05) is 0 Å². The average molecular weight is 176 g/mol. The van der Waals surface area contributed by atoms with Gasteiger partial charge in [-0.25, -0.2) is 0 Å². The molecule has 72 valence electrons. The molecule has 0 aromatic heterocycles. The van der Waals surface area contributed by atoms with Crippen LogP contribution in [0.25, 0.3) is 0 Å². The van der Waals surface area contributed by atoms with Crippen molar-refractivity contribution >= 4 is 0 Å². The van der Waals surface area contributed by atoms with E-state index in [1.54, 1.807) is 19.3 Å². The number of fused-ring (bicyclic) bond motifs is 5. The van der Waals surface area contributed by atoms with E-state index < -0.39 is 0 Å². The Morgan fingerprint density at radius 1 is 1.31 bits per heavy atom. The van der Waals surface area contributed by atoms with Gasteiger partial charge in [0.15, 0.2) is 0 Å². The van der Waals surface area contributed by atoms with Crippen LogP contribution in [0.1, 0.15) is 45.4 Å². The van der Waals surface area contributed by atoms with Crippen LogP contribution in [0, 0.1) is 23.7 Å². The molecule has 0 heteroatoms. The number of allylic oxidation sites excluding steroid dienone is 2. The minimum atomic E-state index is 1.05. The van der Waals surface area contributed by atoms with E-state index in [9.17, 15) is 0 Å². The molecular weight excluding hydrogens is 156 g/mol. The van der Waals surface area contributed by atoms with Gasteiger partial charge in [-0.15, -0.1) is 0 Å². The monoisotopic (exact) mass is 176 g/mol. The van der Waals surface area contributed by atoms with Crippen molar-refractivity contribution < 1.29 is 0 Å². The van der Waals surface area contributed by atoms with Crippen LogP contribution in [0.3, 0.4) is 0 Å². The summed E-state index contributed by atoms with van der Waals surface area (Å²) in [5.41, 5.74) is 1.85. The van der Waals surface area contributed by atoms with E-state index in [4.69, 9.17) is 0 Å². The third-order valence-electron chi connectivity index (χ3n) is 4.71. The normalized spacial score (nSPS) is 46.7. The van der Waals surface area contributed by atoms with Crippen molar-refractivity contribution in [1.29, 1.82) is 0 Å². The van der Waals surface area contributed by atoms with Crippen molar-refractivity contribution in [2.24, 2.45) is 23.7 Å². The first-order valence-corrected chi connectivity index (χ1v) is 6.09. The fraction of sp³-hybridized carbons (Fsp3) is 0.846. The van der Waals surface area contributed by atoms with E-state index >= 15 is 0 Å². The lowest BCUT2D eigenvalue weighted by Gasteiger charge is -2.27. The van der Waals surface area contributed by atoms with Crippen LogP contribution >= 0.6 is 0 Å². The highest BCUT2D eigenvalue weighted by molar-refractivity contribution is 5.22. The molecule has 0 spiro atoms. The quantitative estimate of drug-likeness (QED) is 0.562. The molecule has 0 heterocycles. The topological polar surface area (TPSA) is 0 Å². The SMILES string of the molecule is CCCC1=CC[C@@H]2[C@@H]3CC[C@H](C3)[C@@H]12. The van der Waals surface area contributed by atoms with Gasteiger partial charge in [-0.2, -0.15) is 0 Å². The van der Waals surface area contributed by atoms with Crippen LogP contribution in [0.2, 0.25) is 0 Å². The van der Waals surface area contributed by atoms with E-state index in [0.29, 0.717) is 0 Å². The van der Waals surface area contributed by atoms with Crippen LogP contribution in [0.5, 0.6) is 0 Å². The summed E-state index contributed by atoms with van der Waals surface area (Å²) in [6, 6.07) is 0. The molecule has 0 radical (unpaired) electrons. The molecule has 2 bridgehead atoms. The van der Waals surface area contributed by atoms with Gasteiger partial charge >= 0.3 is 0 Å². The van der Waals surface area contributed by atoms with Gasteiger partial charge in [0.05, 0.1) is 0 Å². The molecule has 0 saturated heterocycles. The Hall–Kier alpha value is -0.260. The summed E-state index contributed by atoms with van der Waals surface area (Å²) in [4.78, 5) is 0. The zero-order valence-corrected chi connectivity index (χ0v) is 8.63. The molecular formula is C13H20. The average Bonchev–Trinajstić information content (AvgIpc) is 2.74. The van der Waals surface area contributed by atoms with Crippen molar-refractivity contribution in [3.05, 3.63) is 11.6 Å². The van der Waals surface area contributed by atoms with Crippen LogP contribution in [0.15, 0.2) is 11.6 Å². The minimum absolute atomic E-state index is 1.05. The van der Waals surface area contributed by atoms with Gasteiger partial charge in [-0.1, -0.05) is 25.0 Å². The maximum Gasteiger partial charge on any atom is -0.0141 e. The molecule has 0 amide bonds. The standard InChI is InChI=1S/C13H20/c1-2-3-9-6-7-12-10-4-5-11(8-10)13(9)12/h6,10-13H,2-5,7-8H2,1H3/t10-,11-,12-,13-/m1/s1. The van der Waals surface area contributed by atoms with E-state index in [2.05, 4.69) is 13.0 Å². The fourth-order valence-corrected chi connectivity index (χ4v) is 4.31. The van der Waals surface area contributed by atoms with Crippen molar-refractivity contribution in [3.63, 3.8) is 0 Å². The van der Waals surface area contributed by atoms with Crippen molar-refractivity contribution in [2.45, 2.75) is 45.4 Å². The molecule has 3 aliphatic carbocycles. The lowest BCUT2D eigenvalue weighted by molar-refractivity contribution is 0.272. The van der Waals surface area contributed by atoms with E-state index in [0.717, 1.165) is 23.7 Å². The van der Waals surface area contributed by atoms with E-state index in [-0.39, 0.29) is 0 Å². The first-order valence-electron chi connectivity index (χ1n) is 6.09. The van der Waals surface area contributed by atoms with E-state index in [1.165, 1.54) is 19.3 Å². The van der Waals surface area contributed by atoms with Crippen molar-refractivity contribution in [3.8, 4) is 0 Å². The molecule has 0 aromatic rings. The molecule has 3 rings (SSSR count). The second-order valence-corrected chi connectivity index (χ2v) is 5.29. The maximum atomic E-state index is 2.59. The summed E-state index contributed by atoms with van der Waals surface area (Å²) in [7, 11) is 0. The summed E-state index contributed by atoms with van der Waals surface area (Å²) in [5.74, 6) is 4.38. The molecule has 0 unspecified atom stereocenters. The van der Waals surface area contributed by atoms with Crippen LogP contribution < -0.4 is 0 Å². The van der Waals surface area contributed by atoms with Crippen molar-refractivity contribution in [2.75, 3.05) is 0 Å². The summed E-state index contributed by atoms with van der Waals surface area (Å²) in [6.07, 6.45) is 11.4. The first-order chi connectivity index (χ1) is 6.40. The highest BCUT2D eigenvalue weighted by Crippen LogP contribution is 2.59. The van der Waals surface area contributed by atoms with Gasteiger partial charge in [-0.3, -0.25) is 0 Å². The highest BCUT2D eigenvalue weighted by atomic mass is 14.5. The zero-order chi connectivity index (χ0) is 8.84. The molecule has 4 atom stereocenters.